The molecule has 1 aromatic heterocycles. The Balaban J connectivity index is 1.64. The molecule has 6 heteroatoms. The van der Waals surface area contributed by atoms with Gasteiger partial charge in [-0.15, -0.1) is 0 Å². The number of hydrogen-bond donors (Lipinski definition) is 2. The summed E-state index contributed by atoms with van der Waals surface area (Å²) in [7, 11) is 0. The van der Waals surface area contributed by atoms with Crippen molar-refractivity contribution in [2.24, 2.45) is 0 Å². The van der Waals surface area contributed by atoms with Crippen molar-refractivity contribution >= 4 is 17.5 Å². The molecule has 1 amide bonds. The maximum Gasteiger partial charge on any atom is 0.254 e. The molecule has 0 spiro atoms. The number of rotatable bonds is 4. The third-order valence-electron chi connectivity index (χ3n) is 4.26. The number of carbonyl (C=O) groups is 1. The first-order valence-electron chi connectivity index (χ1n) is 7.93. The fraction of sp³-hybridized carbons (Fsp3) is 0.412. The Hall–Kier alpha value is -1.85. The van der Waals surface area contributed by atoms with Gasteiger partial charge in [-0.1, -0.05) is 29.8 Å². The summed E-state index contributed by atoms with van der Waals surface area (Å²) in [5.41, 5.74) is 1.56. The Morgan fingerprint density at radius 2 is 2.30 bits per heavy atom. The van der Waals surface area contributed by atoms with Crippen molar-refractivity contribution in [2.45, 2.75) is 38.4 Å². The molecule has 23 heavy (non-hydrogen) atoms. The minimum atomic E-state index is -0.0732. The van der Waals surface area contributed by atoms with E-state index in [-0.39, 0.29) is 11.9 Å². The number of hydrogen-bond acceptors (Lipinski definition) is 3. The van der Waals surface area contributed by atoms with Crippen LogP contribution >= 0.6 is 11.6 Å². The quantitative estimate of drug-likeness (QED) is 0.904. The molecule has 1 aliphatic rings. The molecule has 122 valence electrons. The van der Waals surface area contributed by atoms with Gasteiger partial charge >= 0.3 is 0 Å². The maximum atomic E-state index is 12.4. The van der Waals surface area contributed by atoms with E-state index in [0.29, 0.717) is 23.2 Å². The number of amides is 1. The predicted molar refractivity (Wildman–Crippen MR) is 90.7 cm³/mol. The van der Waals surface area contributed by atoms with E-state index in [2.05, 4.69) is 22.7 Å². The zero-order chi connectivity index (χ0) is 16.2. The van der Waals surface area contributed by atoms with E-state index < -0.39 is 0 Å². The molecule has 2 aromatic rings. The zero-order valence-electron chi connectivity index (χ0n) is 13.1. The number of aromatic nitrogens is 2. The highest BCUT2D eigenvalue weighted by Crippen LogP contribution is 2.16. The highest BCUT2D eigenvalue weighted by molar-refractivity contribution is 6.31. The Morgan fingerprint density at radius 3 is 3.09 bits per heavy atom. The summed E-state index contributed by atoms with van der Waals surface area (Å²) in [6, 6.07) is 8.11. The lowest BCUT2D eigenvalue weighted by atomic mass is 10.00. The van der Waals surface area contributed by atoms with Crippen molar-refractivity contribution in [1.82, 2.24) is 20.4 Å². The van der Waals surface area contributed by atoms with Crippen molar-refractivity contribution in [2.75, 3.05) is 6.54 Å². The molecule has 1 fully saturated rings. The Kier molecular flexibility index (Phi) is 4.98. The predicted octanol–water partition coefficient (Wildman–Crippen LogP) is 2.46. The van der Waals surface area contributed by atoms with Gasteiger partial charge in [0.1, 0.15) is 0 Å². The molecule has 1 aromatic carbocycles. The molecule has 5 nitrogen and oxygen atoms in total. The molecule has 3 rings (SSSR count). The van der Waals surface area contributed by atoms with E-state index in [9.17, 15) is 4.79 Å². The zero-order valence-corrected chi connectivity index (χ0v) is 13.9. The molecule has 0 aliphatic carbocycles. The monoisotopic (exact) mass is 332 g/mol. The van der Waals surface area contributed by atoms with Crippen molar-refractivity contribution in [1.29, 1.82) is 0 Å². The Morgan fingerprint density at radius 1 is 1.48 bits per heavy atom. The van der Waals surface area contributed by atoms with E-state index in [1.165, 1.54) is 0 Å². The van der Waals surface area contributed by atoms with Crippen LogP contribution < -0.4 is 10.6 Å². The summed E-state index contributed by atoms with van der Waals surface area (Å²) in [4.78, 5) is 12.4. The molecule has 2 N–H and O–H groups in total. The maximum absolute atomic E-state index is 12.4. The number of nitrogens with zero attached hydrogens (tertiary/aromatic N) is 2. The Bertz CT molecular complexity index is 685. The van der Waals surface area contributed by atoms with Crippen LogP contribution in [0.15, 0.2) is 36.7 Å². The van der Waals surface area contributed by atoms with Crippen LogP contribution in [-0.4, -0.2) is 34.3 Å². The topological polar surface area (TPSA) is 58.9 Å². The van der Waals surface area contributed by atoms with Gasteiger partial charge in [0.2, 0.25) is 0 Å². The van der Waals surface area contributed by atoms with E-state index in [4.69, 9.17) is 11.6 Å². The van der Waals surface area contributed by atoms with Gasteiger partial charge in [-0.25, -0.2) is 0 Å². The second-order valence-corrected chi connectivity index (χ2v) is 6.39. The molecule has 0 bridgehead atoms. The van der Waals surface area contributed by atoms with Crippen LogP contribution in [0.2, 0.25) is 5.02 Å². The minimum absolute atomic E-state index is 0.0732. The normalized spacial score (nSPS) is 21.1. The summed E-state index contributed by atoms with van der Waals surface area (Å²) in [6.07, 6.45) is 5.46. The first-order chi connectivity index (χ1) is 11.1. The standard InChI is InChI=1S/C17H21ClN4O/c1-12-16(7-4-8-19-12)21-17(23)14-9-20-22(11-14)10-13-5-2-3-6-15(13)18/h2-3,5-6,9,11-12,16,19H,4,7-8,10H2,1H3,(H,21,23). The van der Waals surface area contributed by atoms with Crippen LogP contribution in [-0.2, 0) is 6.54 Å². The largest absolute Gasteiger partial charge is 0.348 e. The summed E-state index contributed by atoms with van der Waals surface area (Å²) < 4.78 is 1.73. The van der Waals surface area contributed by atoms with Gasteiger partial charge in [0.25, 0.3) is 5.91 Å². The van der Waals surface area contributed by atoms with Gasteiger partial charge < -0.3 is 10.6 Å². The van der Waals surface area contributed by atoms with E-state index >= 15 is 0 Å². The fourth-order valence-corrected chi connectivity index (χ4v) is 3.06. The second kappa shape index (κ2) is 7.15. The van der Waals surface area contributed by atoms with Crippen LogP contribution in [0, 0.1) is 0 Å². The molecule has 2 heterocycles. The summed E-state index contributed by atoms with van der Waals surface area (Å²) in [6.45, 7) is 3.67. The van der Waals surface area contributed by atoms with Crippen molar-refractivity contribution < 1.29 is 4.79 Å². The molecular formula is C17H21ClN4O. The van der Waals surface area contributed by atoms with Crippen LogP contribution in [0.5, 0.6) is 0 Å². The molecule has 0 radical (unpaired) electrons. The lowest BCUT2D eigenvalue weighted by Crippen LogP contribution is -2.51. The highest BCUT2D eigenvalue weighted by atomic mass is 35.5. The molecule has 2 unspecified atom stereocenters. The van der Waals surface area contributed by atoms with Crippen LogP contribution in [0.4, 0.5) is 0 Å². The average Bonchev–Trinajstić information content (AvgIpc) is 3.01. The first-order valence-corrected chi connectivity index (χ1v) is 8.31. The second-order valence-electron chi connectivity index (χ2n) is 5.98. The molecule has 0 saturated carbocycles. The fourth-order valence-electron chi connectivity index (χ4n) is 2.86. The Labute approximate surface area is 141 Å². The minimum Gasteiger partial charge on any atom is -0.348 e. The van der Waals surface area contributed by atoms with Crippen molar-refractivity contribution in [3.05, 3.63) is 52.8 Å². The van der Waals surface area contributed by atoms with Crippen LogP contribution in [0.1, 0.15) is 35.7 Å². The number of halogens is 1. The SMILES string of the molecule is CC1NCCCC1NC(=O)c1cnn(Cc2ccccc2Cl)c1. The number of carbonyl (C=O) groups excluding carboxylic acids is 1. The lowest BCUT2D eigenvalue weighted by molar-refractivity contribution is 0.0920. The van der Waals surface area contributed by atoms with E-state index in [1.54, 1.807) is 17.1 Å². The molecular weight excluding hydrogens is 312 g/mol. The number of benzene rings is 1. The average molecular weight is 333 g/mol. The first kappa shape index (κ1) is 16.0. The van der Waals surface area contributed by atoms with Crippen molar-refractivity contribution in [3.63, 3.8) is 0 Å². The molecule has 1 aliphatic heterocycles. The third kappa shape index (κ3) is 3.92. The van der Waals surface area contributed by atoms with Gasteiger partial charge in [0.05, 0.1) is 18.3 Å². The van der Waals surface area contributed by atoms with Gasteiger partial charge in [-0.05, 0) is 37.9 Å². The van der Waals surface area contributed by atoms with Crippen LogP contribution in [0.3, 0.4) is 0 Å². The molecule has 2 atom stereocenters. The smallest absolute Gasteiger partial charge is 0.254 e. The van der Waals surface area contributed by atoms with Gasteiger partial charge in [0.15, 0.2) is 0 Å². The summed E-state index contributed by atoms with van der Waals surface area (Å²) in [5, 5.41) is 11.4. The third-order valence-corrected chi connectivity index (χ3v) is 4.63. The van der Waals surface area contributed by atoms with Crippen LogP contribution in [0.25, 0.3) is 0 Å². The summed E-state index contributed by atoms with van der Waals surface area (Å²) in [5.74, 6) is -0.0732. The van der Waals surface area contributed by atoms with Gasteiger partial charge in [-0.3, -0.25) is 9.48 Å². The number of nitrogens with one attached hydrogen (secondary N) is 2. The van der Waals surface area contributed by atoms with E-state index in [0.717, 1.165) is 24.9 Å². The van der Waals surface area contributed by atoms with E-state index in [1.807, 2.05) is 24.3 Å². The lowest BCUT2D eigenvalue weighted by Gasteiger charge is -2.30. The molecule has 1 saturated heterocycles. The van der Waals surface area contributed by atoms with Gasteiger partial charge in [0, 0.05) is 23.3 Å². The van der Waals surface area contributed by atoms with Gasteiger partial charge in [-0.2, -0.15) is 5.10 Å². The van der Waals surface area contributed by atoms with Crippen molar-refractivity contribution in [3.8, 4) is 0 Å². The highest BCUT2D eigenvalue weighted by Gasteiger charge is 2.23. The number of piperidine rings is 1. The summed E-state index contributed by atoms with van der Waals surface area (Å²) >= 11 is 6.16.